The molecule has 10 nitrogen and oxygen atoms in total. The number of hydrogen-bond donors (Lipinski definition) is 2. The zero-order valence-corrected chi connectivity index (χ0v) is 29.3. The van der Waals surface area contributed by atoms with Crippen LogP contribution in [0, 0.1) is 5.92 Å². The highest BCUT2D eigenvalue weighted by atomic mass is 16.7. The monoisotopic (exact) mass is 700 g/mol. The fourth-order valence-corrected chi connectivity index (χ4v) is 7.48. The second kappa shape index (κ2) is 15.2. The summed E-state index contributed by atoms with van der Waals surface area (Å²) in [5.74, 6) is -0.584. The first-order chi connectivity index (χ1) is 25.4. The molecule has 1 spiro atoms. The van der Waals surface area contributed by atoms with Crippen LogP contribution in [-0.2, 0) is 32.1 Å². The van der Waals surface area contributed by atoms with Gasteiger partial charge in [-0.3, -0.25) is 9.78 Å². The number of amides is 1. The first kappa shape index (κ1) is 34.5. The Balaban J connectivity index is 0.957. The standard InChI is InChI=1S/C42H44N4O6/c1-28-38(26-46-19-17-42(18-20-46)49-21-22-50-42)51-41(52-39(28)32-11-9-29(27-47)10-12-32)33-15-13-31(14-16-33)34-6-4-5-30(23-34)24-44-40(48)37-25-43-35-7-2-3-8-36(35)45-37/h2-16,23,25,28,38-39,41,47H,17-22,24,26-27H2,1H3,(H,44,48)/t28-,38+,39+,41+/m1/s1. The molecule has 0 unspecified atom stereocenters. The van der Waals surface area contributed by atoms with Crippen molar-refractivity contribution in [2.45, 2.75) is 57.2 Å². The van der Waals surface area contributed by atoms with E-state index < -0.39 is 12.1 Å². The lowest BCUT2D eigenvalue weighted by molar-refractivity contribution is -0.278. The molecule has 4 heterocycles. The summed E-state index contributed by atoms with van der Waals surface area (Å²) in [6.07, 6.45) is 2.43. The number of aliphatic hydroxyl groups is 1. The number of ether oxygens (including phenoxy) is 4. The smallest absolute Gasteiger partial charge is 0.271 e. The van der Waals surface area contributed by atoms with Crippen molar-refractivity contribution in [1.82, 2.24) is 20.2 Å². The van der Waals surface area contributed by atoms with Crippen LogP contribution in [0.3, 0.4) is 0 Å². The number of fused-ring (bicyclic) bond motifs is 1. The molecule has 8 rings (SSSR count). The highest BCUT2D eigenvalue weighted by Gasteiger charge is 2.43. The van der Waals surface area contributed by atoms with Crippen LogP contribution in [0.4, 0.5) is 0 Å². The van der Waals surface area contributed by atoms with Gasteiger partial charge < -0.3 is 34.3 Å². The van der Waals surface area contributed by atoms with E-state index in [0.717, 1.165) is 71.4 Å². The minimum atomic E-state index is -0.546. The SMILES string of the molecule is C[C@@H]1[C@H](CN2CCC3(CC2)OCCO3)O[C@H](c2ccc(-c3cccc(CNC(=O)c4cnc5ccccc5n4)c3)cc2)O[C@@H]1c1ccc(CO)cc1. The van der Waals surface area contributed by atoms with E-state index in [-0.39, 0.29) is 36.3 Å². The molecule has 0 radical (unpaired) electrons. The van der Waals surface area contributed by atoms with E-state index >= 15 is 0 Å². The normalized spacial score (nSPS) is 23.2. The van der Waals surface area contributed by atoms with Crippen molar-refractivity contribution in [3.63, 3.8) is 0 Å². The van der Waals surface area contributed by atoms with Gasteiger partial charge in [0, 0.05) is 50.5 Å². The third kappa shape index (κ3) is 7.50. The maximum Gasteiger partial charge on any atom is 0.271 e. The molecule has 2 N–H and O–H groups in total. The summed E-state index contributed by atoms with van der Waals surface area (Å²) in [5, 5.41) is 12.6. The predicted octanol–water partition coefficient (Wildman–Crippen LogP) is 6.35. The number of rotatable bonds is 9. The fourth-order valence-electron chi connectivity index (χ4n) is 7.48. The third-order valence-corrected chi connectivity index (χ3v) is 10.6. The van der Waals surface area contributed by atoms with Crippen LogP contribution in [0.1, 0.15) is 64.9 Å². The molecule has 0 saturated carbocycles. The van der Waals surface area contributed by atoms with Gasteiger partial charge in [-0.05, 0) is 46.0 Å². The topological polar surface area (TPSA) is 115 Å². The lowest BCUT2D eigenvalue weighted by Gasteiger charge is -2.44. The summed E-state index contributed by atoms with van der Waals surface area (Å²) in [5.41, 5.74) is 7.69. The van der Waals surface area contributed by atoms with E-state index in [1.54, 1.807) is 0 Å². The third-order valence-electron chi connectivity index (χ3n) is 10.6. The summed E-state index contributed by atoms with van der Waals surface area (Å²) >= 11 is 0. The second-order valence-corrected chi connectivity index (χ2v) is 14.0. The number of para-hydroxylation sites is 2. The van der Waals surface area contributed by atoms with Crippen LogP contribution in [0.2, 0.25) is 0 Å². The van der Waals surface area contributed by atoms with Gasteiger partial charge in [0.05, 0.1) is 49.3 Å². The number of benzene rings is 4. The highest BCUT2D eigenvalue weighted by Crippen LogP contribution is 2.43. The van der Waals surface area contributed by atoms with E-state index in [9.17, 15) is 9.90 Å². The van der Waals surface area contributed by atoms with Gasteiger partial charge in [-0.25, -0.2) is 4.98 Å². The Labute approximate surface area is 303 Å². The molecular weight excluding hydrogens is 656 g/mol. The number of piperidine rings is 1. The lowest BCUT2D eigenvalue weighted by Crippen LogP contribution is -2.50. The van der Waals surface area contributed by atoms with Gasteiger partial charge in [-0.15, -0.1) is 0 Å². The average molecular weight is 701 g/mol. The molecule has 5 aromatic rings. The molecule has 3 aliphatic heterocycles. The van der Waals surface area contributed by atoms with Crippen molar-refractivity contribution in [3.8, 4) is 11.1 Å². The zero-order valence-electron chi connectivity index (χ0n) is 29.3. The van der Waals surface area contributed by atoms with Gasteiger partial charge in [0.25, 0.3) is 5.91 Å². The van der Waals surface area contributed by atoms with Gasteiger partial charge in [0.1, 0.15) is 5.69 Å². The van der Waals surface area contributed by atoms with E-state index in [1.807, 2.05) is 48.5 Å². The summed E-state index contributed by atoms with van der Waals surface area (Å²) in [7, 11) is 0. The maximum atomic E-state index is 12.9. The molecule has 1 amide bonds. The molecule has 3 aliphatic rings. The minimum Gasteiger partial charge on any atom is -0.392 e. The molecule has 3 fully saturated rings. The molecule has 10 heteroatoms. The van der Waals surface area contributed by atoms with Crippen LogP contribution in [0.25, 0.3) is 22.2 Å². The summed E-state index contributed by atoms with van der Waals surface area (Å²) in [6, 6.07) is 32.0. The number of carbonyl (C=O) groups is 1. The molecule has 4 aromatic carbocycles. The van der Waals surface area contributed by atoms with Crippen molar-refractivity contribution < 1.29 is 28.8 Å². The second-order valence-electron chi connectivity index (χ2n) is 14.0. The fraction of sp³-hybridized carbons (Fsp3) is 0.357. The molecule has 268 valence electrons. The van der Waals surface area contributed by atoms with E-state index in [4.69, 9.17) is 18.9 Å². The Morgan fingerprint density at radius 1 is 0.846 bits per heavy atom. The van der Waals surface area contributed by atoms with Crippen molar-refractivity contribution >= 4 is 16.9 Å². The largest absolute Gasteiger partial charge is 0.392 e. The van der Waals surface area contributed by atoms with Gasteiger partial charge in [0.15, 0.2) is 12.1 Å². The first-order valence-electron chi connectivity index (χ1n) is 18.2. The van der Waals surface area contributed by atoms with E-state index in [2.05, 4.69) is 75.6 Å². The molecule has 1 aromatic heterocycles. The Morgan fingerprint density at radius 3 is 2.33 bits per heavy atom. The highest BCUT2D eigenvalue weighted by molar-refractivity contribution is 5.93. The molecular formula is C42H44N4O6. The maximum absolute atomic E-state index is 12.9. The van der Waals surface area contributed by atoms with Crippen molar-refractivity contribution in [1.29, 1.82) is 0 Å². The molecule has 3 saturated heterocycles. The number of likely N-dealkylation sites (tertiary alicyclic amines) is 1. The number of hydrogen-bond acceptors (Lipinski definition) is 9. The number of carbonyl (C=O) groups excluding carboxylic acids is 1. The molecule has 0 bridgehead atoms. The van der Waals surface area contributed by atoms with Crippen molar-refractivity contribution in [2.24, 2.45) is 5.92 Å². The average Bonchev–Trinajstić information content (AvgIpc) is 3.66. The van der Waals surface area contributed by atoms with Gasteiger partial charge >= 0.3 is 0 Å². The predicted molar refractivity (Wildman–Crippen MR) is 196 cm³/mol. The number of aromatic nitrogens is 2. The summed E-state index contributed by atoms with van der Waals surface area (Å²) in [6.45, 7) is 6.48. The van der Waals surface area contributed by atoms with Gasteiger partial charge in [-0.1, -0.05) is 85.8 Å². The number of nitrogens with one attached hydrogen (secondary N) is 1. The zero-order chi connectivity index (χ0) is 35.5. The Morgan fingerprint density at radius 2 is 1.58 bits per heavy atom. The summed E-state index contributed by atoms with van der Waals surface area (Å²) in [4.78, 5) is 24.2. The number of aliphatic hydroxyl groups excluding tert-OH is 1. The van der Waals surface area contributed by atoms with Crippen molar-refractivity contribution in [2.75, 3.05) is 32.8 Å². The van der Waals surface area contributed by atoms with Gasteiger partial charge in [-0.2, -0.15) is 0 Å². The van der Waals surface area contributed by atoms with Crippen LogP contribution in [0.15, 0.2) is 103 Å². The van der Waals surface area contributed by atoms with Crippen LogP contribution in [-0.4, -0.2) is 70.6 Å². The van der Waals surface area contributed by atoms with Crippen LogP contribution >= 0.6 is 0 Å². The molecule has 4 atom stereocenters. The summed E-state index contributed by atoms with van der Waals surface area (Å²) < 4.78 is 25.4. The lowest BCUT2D eigenvalue weighted by atomic mass is 9.89. The Kier molecular flexibility index (Phi) is 10.1. The quantitative estimate of drug-likeness (QED) is 0.182. The van der Waals surface area contributed by atoms with E-state index in [0.29, 0.717) is 25.3 Å². The first-order valence-corrected chi connectivity index (χ1v) is 18.2. The number of nitrogens with zero attached hydrogens (tertiary/aromatic N) is 3. The minimum absolute atomic E-state index is 0.00398. The van der Waals surface area contributed by atoms with Crippen molar-refractivity contribution in [3.05, 3.63) is 131 Å². The van der Waals surface area contributed by atoms with Crippen LogP contribution < -0.4 is 5.32 Å². The van der Waals surface area contributed by atoms with Crippen LogP contribution in [0.5, 0.6) is 0 Å². The van der Waals surface area contributed by atoms with E-state index in [1.165, 1.54) is 6.20 Å². The Bertz CT molecular complexity index is 1990. The Hall–Kier alpha value is -4.55. The molecule has 52 heavy (non-hydrogen) atoms. The molecule has 0 aliphatic carbocycles. The van der Waals surface area contributed by atoms with Gasteiger partial charge in [0.2, 0.25) is 0 Å².